The van der Waals surface area contributed by atoms with Gasteiger partial charge in [0.15, 0.2) is 5.69 Å². The number of nitrogens with zero attached hydrogens (tertiary/aromatic N) is 2. The molecule has 0 bridgehead atoms. The van der Waals surface area contributed by atoms with Gasteiger partial charge in [-0.2, -0.15) is 0 Å². The molecule has 4 aromatic rings. The third-order valence-electron chi connectivity index (χ3n) is 4.34. The number of aromatic hydroxyl groups is 1. The monoisotopic (exact) mass is 498 g/mol. The van der Waals surface area contributed by atoms with Crippen LogP contribution in [-0.4, -0.2) is 29.4 Å². The summed E-state index contributed by atoms with van der Waals surface area (Å²) in [5.74, 6) is -0.546. The summed E-state index contributed by atoms with van der Waals surface area (Å²) in [6, 6.07) is 18.8. The van der Waals surface area contributed by atoms with Crippen LogP contribution >= 0.6 is 22.6 Å². The van der Waals surface area contributed by atoms with Crippen LogP contribution in [0.4, 0.5) is 5.69 Å². The normalized spacial score (nSPS) is 11.2. The summed E-state index contributed by atoms with van der Waals surface area (Å²) in [6.45, 7) is 0. The first kappa shape index (κ1) is 19.1. The van der Waals surface area contributed by atoms with Crippen molar-refractivity contribution in [1.29, 1.82) is 0 Å². The summed E-state index contributed by atoms with van der Waals surface area (Å²) in [6.07, 6.45) is 1.36. The van der Waals surface area contributed by atoms with Gasteiger partial charge in [-0.3, -0.25) is 4.99 Å². The Morgan fingerprint density at radius 2 is 1.97 bits per heavy atom. The van der Waals surface area contributed by atoms with Crippen molar-refractivity contribution >= 4 is 51.2 Å². The molecule has 29 heavy (non-hydrogen) atoms. The molecule has 0 aliphatic heterocycles. The number of benzene rings is 3. The van der Waals surface area contributed by atoms with Crippen molar-refractivity contribution in [3.63, 3.8) is 0 Å². The number of methoxy groups -OCH3 is 1. The number of carbonyl (C=O) groups excluding carboxylic acids is 1. The molecule has 0 radical (unpaired) electrons. The van der Waals surface area contributed by atoms with Crippen LogP contribution in [0.5, 0.6) is 5.95 Å². The number of rotatable bonds is 4. The average Bonchev–Trinajstić information content (AvgIpc) is 3.12. The maximum atomic E-state index is 12.0. The van der Waals surface area contributed by atoms with E-state index < -0.39 is 5.97 Å². The topological polar surface area (TPSA) is 84.9 Å². The quantitative estimate of drug-likeness (QED) is 0.233. The minimum Gasteiger partial charge on any atom is -0.479 e. The van der Waals surface area contributed by atoms with Gasteiger partial charge in [0.1, 0.15) is 0 Å². The maximum absolute atomic E-state index is 12.0. The second-order valence-corrected chi connectivity index (χ2v) is 7.39. The molecule has 6 nitrogen and oxygen atoms in total. The van der Waals surface area contributed by atoms with Gasteiger partial charge in [0, 0.05) is 9.13 Å². The minimum atomic E-state index is -0.489. The van der Waals surface area contributed by atoms with E-state index >= 15 is 0 Å². The van der Waals surface area contributed by atoms with Crippen molar-refractivity contribution in [3.8, 4) is 17.4 Å². The van der Waals surface area contributed by atoms with Crippen molar-refractivity contribution in [2.75, 3.05) is 7.11 Å². The van der Waals surface area contributed by atoms with Crippen LogP contribution in [-0.2, 0) is 4.74 Å². The van der Waals surface area contributed by atoms with E-state index in [2.05, 4.69) is 32.6 Å². The highest BCUT2D eigenvalue weighted by Gasteiger charge is 2.16. The third-order valence-corrected chi connectivity index (χ3v) is 5.02. The number of fused-ring (bicyclic) bond motifs is 1. The molecule has 0 saturated heterocycles. The summed E-state index contributed by atoms with van der Waals surface area (Å²) in [4.78, 5) is 20.7. The SMILES string of the molecule is COC(=O)c1cc(I)ccc1N=Cc1nc(-c2cccc3ccccc23)oc1O. The lowest BCUT2D eigenvalue weighted by molar-refractivity contribution is 0.0601. The molecular formula is C22H15IN2O4. The molecule has 0 fully saturated rings. The first-order chi connectivity index (χ1) is 14.1. The van der Waals surface area contributed by atoms with E-state index in [1.807, 2.05) is 48.5 Å². The van der Waals surface area contributed by atoms with Crippen molar-refractivity contribution in [2.45, 2.75) is 0 Å². The van der Waals surface area contributed by atoms with Gasteiger partial charge >= 0.3 is 11.9 Å². The van der Waals surface area contributed by atoms with Crippen LogP contribution in [0, 0.1) is 3.57 Å². The van der Waals surface area contributed by atoms with Crippen LogP contribution in [0.25, 0.3) is 22.2 Å². The van der Waals surface area contributed by atoms with Gasteiger partial charge in [-0.25, -0.2) is 9.78 Å². The lowest BCUT2D eigenvalue weighted by atomic mass is 10.0. The predicted molar refractivity (Wildman–Crippen MR) is 119 cm³/mol. The Bertz CT molecular complexity index is 1240. The Kier molecular flexibility index (Phi) is 5.30. The Morgan fingerprint density at radius 3 is 2.79 bits per heavy atom. The van der Waals surface area contributed by atoms with Crippen LogP contribution in [0.15, 0.2) is 70.1 Å². The molecule has 1 heterocycles. The van der Waals surface area contributed by atoms with Crippen molar-refractivity contribution in [2.24, 2.45) is 4.99 Å². The van der Waals surface area contributed by atoms with E-state index in [1.165, 1.54) is 13.3 Å². The van der Waals surface area contributed by atoms with Crippen LogP contribution in [0.1, 0.15) is 16.1 Å². The highest BCUT2D eigenvalue weighted by atomic mass is 127. The zero-order chi connectivity index (χ0) is 20.4. The molecule has 0 atom stereocenters. The van der Waals surface area contributed by atoms with E-state index in [4.69, 9.17) is 9.15 Å². The molecule has 7 heteroatoms. The number of halogens is 1. The predicted octanol–water partition coefficient (Wildman–Crippen LogP) is 5.34. The molecule has 0 spiro atoms. The second-order valence-electron chi connectivity index (χ2n) is 6.15. The van der Waals surface area contributed by atoms with Gasteiger partial charge in [0.05, 0.1) is 24.6 Å². The molecule has 0 amide bonds. The van der Waals surface area contributed by atoms with E-state index in [0.29, 0.717) is 11.3 Å². The largest absolute Gasteiger partial charge is 0.479 e. The van der Waals surface area contributed by atoms with E-state index in [-0.39, 0.29) is 17.5 Å². The molecule has 0 unspecified atom stereocenters. The van der Waals surface area contributed by atoms with Crippen LogP contribution in [0.2, 0.25) is 0 Å². The Hall–Kier alpha value is -3.20. The molecule has 144 valence electrons. The van der Waals surface area contributed by atoms with Gasteiger partial charge < -0.3 is 14.3 Å². The number of hydrogen-bond donors (Lipinski definition) is 1. The van der Waals surface area contributed by atoms with Crippen molar-refractivity contribution < 1.29 is 19.1 Å². The summed E-state index contributed by atoms with van der Waals surface area (Å²) < 4.78 is 11.2. The number of oxazole rings is 1. The summed E-state index contributed by atoms with van der Waals surface area (Å²) >= 11 is 2.11. The second kappa shape index (κ2) is 8.04. The molecule has 1 aromatic heterocycles. The number of aliphatic imine (C=N–C) groups is 1. The smallest absolute Gasteiger partial charge is 0.340 e. The summed E-state index contributed by atoms with van der Waals surface area (Å²) in [5, 5.41) is 12.2. The van der Waals surface area contributed by atoms with Crippen LogP contribution in [0.3, 0.4) is 0 Å². The number of esters is 1. The van der Waals surface area contributed by atoms with Crippen molar-refractivity contribution in [1.82, 2.24) is 4.98 Å². The Morgan fingerprint density at radius 1 is 1.17 bits per heavy atom. The molecule has 3 aromatic carbocycles. The standard InChI is InChI=1S/C22H15IN2O4/c1-28-21(26)17-11-14(23)9-10-18(17)24-12-19-22(27)29-20(25-19)16-8-4-6-13-5-2-3-7-15(13)16/h2-12,27H,1H3. The molecule has 4 rings (SSSR count). The van der Waals surface area contributed by atoms with Gasteiger partial charge in [-0.15, -0.1) is 0 Å². The molecule has 0 saturated carbocycles. The fraction of sp³-hybridized carbons (Fsp3) is 0.0455. The maximum Gasteiger partial charge on any atom is 0.340 e. The number of carbonyl (C=O) groups is 1. The first-order valence-corrected chi connectivity index (χ1v) is 9.74. The zero-order valence-corrected chi connectivity index (χ0v) is 17.5. The van der Waals surface area contributed by atoms with E-state index in [0.717, 1.165) is 19.9 Å². The summed E-state index contributed by atoms with van der Waals surface area (Å²) in [5.41, 5.74) is 1.67. The van der Waals surface area contributed by atoms with Gasteiger partial charge in [0.25, 0.3) is 0 Å². The van der Waals surface area contributed by atoms with Crippen LogP contribution < -0.4 is 0 Å². The fourth-order valence-corrected chi connectivity index (χ4v) is 3.45. The summed E-state index contributed by atoms with van der Waals surface area (Å²) in [7, 11) is 1.32. The van der Waals surface area contributed by atoms with E-state index in [9.17, 15) is 9.90 Å². The molecule has 0 aliphatic carbocycles. The minimum absolute atomic E-state index is 0.169. The van der Waals surface area contributed by atoms with Gasteiger partial charge in [-0.1, -0.05) is 36.4 Å². The molecule has 1 N–H and O–H groups in total. The Balaban J connectivity index is 1.72. The first-order valence-electron chi connectivity index (χ1n) is 8.66. The molecular weight excluding hydrogens is 483 g/mol. The van der Waals surface area contributed by atoms with Gasteiger partial charge in [-0.05, 0) is 57.6 Å². The Labute approximate surface area is 180 Å². The fourth-order valence-electron chi connectivity index (χ4n) is 2.96. The highest BCUT2D eigenvalue weighted by Crippen LogP contribution is 2.31. The zero-order valence-electron chi connectivity index (χ0n) is 15.3. The lowest BCUT2D eigenvalue weighted by Gasteiger charge is -2.03. The third kappa shape index (κ3) is 3.86. The van der Waals surface area contributed by atoms with E-state index in [1.54, 1.807) is 12.1 Å². The average molecular weight is 498 g/mol. The van der Waals surface area contributed by atoms with Gasteiger partial charge in [0.2, 0.25) is 5.89 Å². The molecule has 0 aliphatic rings. The number of ether oxygens (including phenoxy) is 1. The number of aromatic nitrogens is 1. The van der Waals surface area contributed by atoms with Crippen molar-refractivity contribution in [3.05, 3.63) is 75.5 Å². The highest BCUT2D eigenvalue weighted by molar-refractivity contribution is 14.1. The number of hydrogen-bond acceptors (Lipinski definition) is 6. The lowest BCUT2D eigenvalue weighted by Crippen LogP contribution is -2.02.